The lowest BCUT2D eigenvalue weighted by Gasteiger charge is -2.30. The summed E-state index contributed by atoms with van der Waals surface area (Å²) < 4.78 is 2.08. The first-order chi connectivity index (χ1) is 13.7. The van der Waals surface area contributed by atoms with E-state index in [0.717, 1.165) is 37.9 Å². The number of aliphatic imine (C=N–C) groups is 1. The smallest absolute Gasteiger partial charge is 0.191 e. The van der Waals surface area contributed by atoms with Gasteiger partial charge in [-0.3, -0.25) is 4.99 Å². The van der Waals surface area contributed by atoms with E-state index in [0.29, 0.717) is 0 Å². The molecule has 0 amide bonds. The molecule has 0 unspecified atom stereocenters. The van der Waals surface area contributed by atoms with Crippen molar-refractivity contribution in [1.82, 2.24) is 25.1 Å². The van der Waals surface area contributed by atoms with E-state index >= 15 is 0 Å². The summed E-state index contributed by atoms with van der Waals surface area (Å²) in [6, 6.07) is 8.64. The summed E-state index contributed by atoms with van der Waals surface area (Å²) >= 11 is 0. The predicted octanol–water partition coefficient (Wildman–Crippen LogP) is 2.72. The third-order valence-corrected chi connectivity index (χ3v) is 5.42. The molecule has 0 aliphatic carbocycles. The van der Waals surface area contributed by atoms with Crippen molar-refractivity contribution in [2.45, 2.75) is 39.3 Å². The summed E-state index contributed by atoms with van der Waals surface area (Å²) in [5.41, 5.74) is 2.53. The molecule has 1 aliphatic heterocycles. The van der Waals surface area contributed by atoms with E-state index in [1.807, 2.05) is 25.8 Å². The molecule has 0 radical (unpaired) electrons. The Labute approximate surface area is 169 Å². The van der Waals surface area contributed by atoms with Gasteiger partial charge in [-0.2, -0.15) is 0 Å². The summed E-state index contributed by atoms with van der Waals surface area (Å²) in [4.78, 5) is 11.0. The number of nitrogens with one attached hydrogen (secondary N) is 2. The maximum absolute atomic E-state index is 4.35. The Morgan fingerprint density at radius 2 is 2.04 bits per heavy atom. The summed E-state index contributed by atoms with van der Waals surface area (Å²) in [6.07, 6.45) is 9.48. The van der Waals surface area contributed by atoms with Crippen LogP contribution in [0, 0.1) is 5.92 Å². The summed E-state index contributed by atoms with van der Waals surface area (Å²) in [6.45, 7) is 8.60. The fourth-order valence-corrected chi connectivity index (χ4v) is 3.63. The monoisotopic (exact) mass is 382 g/mol. The number of nitrogens with zero attached hydrogens (tertiary/aromatic N) is 4. The number of aromatic nitrogens is 2. The van der Waals surface area contributed by atoms with Crippen molar-refractivity contribution < 1.29 is 0 Å². The lowest BCUT2D eigenvalue weighted by atomic mass is 9.99. The van der Waals surface area contributed by atoms with Crippen LogP contribution >= 0.6 is 0 Å². The van der Waals surface area contributed by atoms with Gasteiger partial charge in [0, 0.05) is 39.1 Å². The molecule has 1 saturated heterocycles. The van der Waals surface area contributed by atoms with Gasteiger partial charge in [-0.15, -0.1) is 0 Å². The Bertz CT molecular complexity index is 716. The van der Waals surface area contributed by atoms with E-state index < -0.39 is 0 Å². The van der Waals surface area contributed by atoms with Crippen LogP contribution < -0.4 is 10.6 Å². The van der Waals surface area contributed by atoms with Crippen molar-refractivity contribution in [3.63, 3.8) is 0 Å². The average Bonchev–Trinajstić information content (AvgIpc) is 3.22. The molecular weight excluding hydrogens is 348 g/mol. The summed E-state index contributed by atoms with van der Waals surface area (Å²) in [7, 11) is 1.83. The third kappa shape index (κ3) is 6.68. The average molecular weight is 383 g/mol. The first-order valence-corrected chi connectivity index (χ1v) is 10.4. The first kappa shape index (κ1) is 20.4. The number of imidazole rings is 1. The number of benzene rings is 1. The highest BCUT2D eigenvalue weighted by Crippen LogP contribution is 2.15. The van der Waals surface area contributed by atoms with Crippen LogP contribution in [-0.4, -0.2) is 53.6 Å². The zero-order chi connectivity index (χ0) is 19.6. The molecule has 152 valence electrons. The van der Waals surface area contributed by atoms with Crippen LogP contribution in [0.15, 0.2) is 48.0 Å². The molecule has 2 N–H and O–H groups in total. The summed E-state index contributed by atoms with van der Waals surface area (Å²) in [5.74, 6) is 1.77. The Morgan fingerprint density at radius 3 is 2.79 bits per heavy atom. The van der Waals surface area contributed by atoms with Crippen LogP contribution in [0.3, 0.4) is 0 Å². The third-order valence-electron chi connectivity index (χ3n) is 5.42. The topological polar surface area (TPSA) is 57.5 Å². The SMILES string of the molecule is CN=C(NCCCN1CCC(C)CC1)NCc1cccc(Cn2ccnc2)c1. The molecule has 1 fully saturated rings. The number of rotatable bonds is 8. The highest BCUT2D eigenvalue weighted by atomic mass is 15.2. The van der Waals surface area contributed by atoms with Crippen LogP contribution in [0.5, 0.6) is 0 Å². The molecule has 0 atom stereocenters. The second-order valence-corrected chi connectivity index (χ2v) is 7.79. The van der Waals surface area contributed by atoms with Crippen molar-refractivity contribution in [2.75, 3.05) is 33.2 Å². The van der Waals surface area contributed by atoms with Gasteiger partial charge in [-0.05, 0) is 55.9 Å². The van der Waals surface area contributed by atoms with Gasteiger partial charge >= 0.3 is 0 Å². The van der Waals surface area contributed by atoms with Gasteiger partial charge in [-0.25, -0.2) is 4.98 Å². The van der Waals surface area contributed by atoms with Gasteiger partial charge < -0.3 is 20.1 Å². The van der Waals surface area contributed by atoms with Crippen molar-refractivity contribution in [1.29, 1.82) is 0 Å². The normalized spacial score (nSPS) is 16.3. The molecule has 6 nitrogen and oxygen atoms in total. The van der Waals surface area contributed by atoms with E-state index in [9.17, 15) is 0 Å². The largest absolute Gasteiger partial charge is 0.356 e. The fraction of sp³-hybridized carbons (Fsp3) is 0.545. The van der Waals surface area contributed by atoms with E-state index in [-0.39, 0.29) is 0 Å². The second-order valence-electron chi connectivity index (χ2n) is 7.79. The molecule has 0 spiro atoms. The Kier molecular flexibility index (Phi) is 7.91. The molecule has 2 aromatic rings. The van der Waals surface area contributed by atoms with Crippen molar-refractivity contribution in [2.24, 2.45) is 10.9 Å². The number of hydrogen-bond donors (Lipinski definition) is 2. The maximum Gasteiger partial charge on any atom is 0.191 e. The van der Waals surface area contributed by atoms with E-state index in [1.54, 1.807) is 0 Å². The van der Waals surface area contributed by atoms with Crippen molar-refractivity contribution >= 4 is 5.96 Å². The van der Waals surface area contributed by atoms with Crippen LogP contribution in [0.25, 0.3) is 0 Å². The van der Waals surface area contributed by atoms with Crippen LogP contribution in [0.4, 0.5) is 0 Å². The van der Waals surface area contributed by atoms with Crippen LogP contribution in [0.2, 0.25) is 0 Å². The van der Waals surface area contributed by atoms with E-state index in [2.05, 4.69) is 61.3 Å². The number of hydrogen-bond acceptors (Lipinski definition) is 3. The zero-order valence-corrected chi connectivity index (χ0v) is 17.3. The predicted molar refractivity (Wildman–Crippen MR) is 115 cm³/mol. The first-order valence-electron chi connectivity index (χ1n) is 10.4. The molecule has 1 aromatic heterocycles. The minimum atomic E-state index is 0.765. The molecule has 1 aliphatic rings. The lowest BCUT2D eigenvalue weighted by molar-refractivity contribution is 0.191. The van der Waals surface area contributed by atoms with Gasteiger partial charge in [0.1, 0.15) is 0 Å². The summed E-state index contributed by atoms with van der Waals surface area (Å²) in [5, 5.41) is 6.86. The molecule has 6 heteroatoms. The molecule has 0 bridgehead atoms. The highest BCUT2D eigenvalue weighted by molar-refractivity contribution is 5.79. The highest BCUT2D eigenvalue weighted by Gasteiger charge is 2.14. The van der Waals surface area contributed by atoms with Crippen molar-refractivity contribution in [3.05, 3.63) is 54.1 Å². The van der Waals surface area contributed by atoms with Gasteiger partial charge in [0.25, 0.3) is 0 Å². The number of piperidine rings is 1. The maximum atomic E-state index is 4.35. The molecule has 1 aromatic carbocycles. The Morgan fingerprint density at radius 1 is 1.21 bits per heavy atom. The number of likely N-dealkylation sites (tertiary alicyclic amines) is 1. The molecule has 3 rings (SSSR count). The molecule has 0 saturated carbocycles. The molecule has 28 heavy (non-hydrogen) atoms. The number of guanidine groups is 1. The Balaban J connectivity index is 1.37. The minimum Gasteiger partial charge on any atom is -0.356 e. The standard InChI is InChI=1S/C22H34N6/c1-19-7-12-27(13-8-19)11-4-9-25-22(23-2)26-16-20-5-3-6-21(15-20)17-28-14-10-24-18-28/h3,5-6,10,14-15,18-19H,4,7-9,11-13,16-17H2,1-2H3,(H2,23,25,26). The quantitative estimate of drug-likeness (QED) is 0.419. The molecule has 2 heterocycles. The van der Waals surface area contributed by atoms with E-state index in [4.69, 9.17) is 0 Å². The zero-order valence-electron chi connectivity index (χ0n) is 17.3. The van der Waals surface area contributed by atoms with Gasteiger partial charge in [0.05, 0.1) is 6.33 Å². The van der Waals surface area contributed by atoms with Crippen LogP contribution in [0.1, 0.15) is 37.3 Å². The minimum absolute atomic E-state index is 0.765. The van der Waals surface area contributed by atoms with E-state index in [1.165, 1.54) is 43.6 Å². The molecular formula is C22H34N6. The van der Waals surface area contributed by atoms with Gasteiger partial charge in [0.15, 0.2) is 5.96 Å². The fourth-order valence-electron chi connectivity index (χ4n) is 3.63. The lowest BCUT2D eigenvalue weighted by Crippen LogP contribution is -2.39. The van der Waals surface area contributed by atoms with Gasteiger partial charge in [-0.1, -0.05) is 31.2 Å². The second kappa shape index (κ2) is 10.9. The van der Waals surface area contributed by atoms with Crippen molar-refractivity contribution in [3.8, 4) is 0 Å². The van der Waals surface area contributed by atoms with Crippen LogP contribution in [-0.2, 0) is 13.1 Å². The Hall–Kier alpha value is -2.34. The van der Waals surface area contributed by atoms with Gasteiger partial charge in [0.2, 0.25) is 0 Å².